The zero-order valence-electron chi connectivity index (χ0n) is 14.3. The minimum atomic E-state index is -0.118. The lowest BCUT2D eigenvalue weighted by Gasteiger charge is -2.06. The molecule has 4 nitrogen and oxygen atoms in total. The first-order chi connectivity index (χ1) is 11.6. The molecule has 24 heavy (non-hydrogen) atoms. The number of hydrogen-bond acceptors (Lipinski definition) is 3. The molecule has 2 aromatic rings. The molecule has 0 aliphatic heterocycles. The zero-order chi connectivity index (χ0) is 17.4. The number of carbonyl (C=O) groups is 1. The van der Waals surface area contributed by atoms with Crippen molar-refractivity contribution in [3.05, 3.63) is 65.2 Å². The van der Waals surface area contributed by atoms with Crippen LogP contribution >= 0.6 is 0 Å². The fourth-order valence-corrected chi connectivity index (χ4v) is 2.33. The molecule has 0 spiro atoms. The first-order valence-corrected chi connectivity index (χ1v) is 7.86. The van der Waals surface area contributed by atoms with E-state index in [4.69, 9.17) is 9.47 Å². The van der Waals surface area contributed by atoms with Crippen molar-refractivity contribution in [2.45, 2.75) is 13.3 Å². The zero-order valence-corrected chi connectivity index (χ0v) is 14.3. The molecule has 0 fully saturated rings. The largest absolute Gasteiger partial charge is 0.497 e. The number of amides is 1. The van der Waals surface area contributed by atoms with E-state index in [1.807, 2.05) is 49.4 Å². The van der Waals surface area contributed by atoms with Crippen LogP contribution in [0.2, 0.25) is 0 Å². The van der Waals surface area contributed by atoms with Gasteiger partial charge in [0.15, 0.2) is 0 Å². The lowest BCUT2D eigenvalue weighted by atomic mass is 10.1. The monoisotopic (exact) mass is 325 g/mol. The molecule has 0 atom stereocenters. The lowest BCUT2D eigenvalue weighted by Crippen LogP contribution is -2.23. The topological polar surface area (TPSA) is 47.6 Å². The van der Waals surface area contributed by atoms with Gasteiger partial charge in [0.1, 0.15) is 11.5 Å². The smallest absolute Gasteiger partial charge is 0.244 e. The average Bonchev–Trinajstić information content (AvgIpc) is 2.60. The number of methoxy groups -OCH3 is 2. The van der Waals surface area contributed by atoms with Gasteiger partial charge in [-0.3, -0.25) is 4.79 Å². The summed E-state index contributed by atoms with van der Waals surface area (Å²) in [5.74, 6) is 1.47. The van der Waals surface area contributed by atoms with Crippen molar-refractivity contribution >= 4 is 12.0 Å². The highest BCUT2D eigenvalue weighted by atomic mass is 16.5. The van der Waals surface area contributed by atoms with Gasteiger partial charge in [0.2, 0.25) is 5.91 Å². The van der Waals surface area contributed by atoms with Gasteiger partial charge in [-0.2, -0.15) is 0 Å². The summed E-state index contributed by atoms with van der Waals surface area (Å²) < 4.78 is 10.4. The average molecular weight is 325 g/mol. The van der Waals surface area contributed by atoms with E-state index >= 15 is 0 Å². The highest BCUT2D eigenvalue weighted by Crippen LogP contribution is 2.20. The van der Waals surface area contributed by atoms with Crippen molar-refractivity contribution in [2.24, 2.45) is 0 Å². The minimum absolute atomic E-state index is 0.118. The van der Waals surface area contributed by atoms with E-state index in [0.717, 1.165) is 34.6 Å². The molecular formula is C20H23NO3. The Kier molecular flexibility index (Phi) is 6.43. The van der Waals surface area contributed by atoms with E-state index in [9.17, 15) is 4.79 Å². The third kappa shape index (κ3) is 5.16. The van der Waals surface area contributed by atoms with Crippen molar-refractivity contribution < 1.29 is 14.3 Å². The molecule has 1 N–H and O–H groups in total. The molecule has 0 heterocycles. The standard InChI is InChI=1S/C20H23NO3/c1-15-4-10-19(24-3)17(14-15)7-11-20(22)21-13-12-16-5-8-18(23-2)9-6-16/h4-11,14H,12-13H2,1-3H3,(H,21,22)/b11-7+. The summed E-state index contributed by atoms with van der Waals surface area (Å²) in [6.45, 7) is 2.59. The SMILES string of the molecule is COc1ccc(CCNC(=O)/C=C/c2cc(C)ccc2OC)cc1. The van der Waals surface area contributed by atoms with Gasteiger partial charge in [-0.25, -0.2) is 0 Å². The van der Waals surface area contributed by atoms with Crippen LogP contribution in [-0.2, 0) is 11.2 Å². The number of rotatable bonds is 7. The normalized spacial score (nSPS) is 10.6. The Morgan fingerprint density at radius 1 is 1.08 bits per heavy atom. The first kappa shape index (κ1) is 17.6. The summed E-state index contributed by atoms with van der Waals surface area (Å²) in [5, 5.41) is 2.88. The quantitative estimate of drug-likeness (QED) is 0.794. The van der Waals surface area contributed by atoms with E-state index < -0.39 is 0 Å². The van der Waals surface area contributed by atoms with Crippen LogP contribution in [-0.4, -0.2) is 26.7 Å². The van der Waals surface area contributed by atoms with Crippen LogP contribution in [0.25, 0.3) is 6.08 Å². The van der Waals surface area contributed by atoms with E-state index in [1.54, 1.807) is 20.3 Å². The van der Waals surface area contributed by atoms with Gasteiger partial charge >= 0.3 is 0 Å². The van der Waals surface area contributed by atoms with Crippen LogP contribution in [0.1, 0.15) is 16.7 Å². The second kappa shape index (κ2) is 8.77. The maximum absolute atomic E-state index is 11.9. The number of hydrogen-bond donors (Lipinski definition) is 1. The Morgan fingerprint density at radius 2 is 1.83 bits per heavy atom. The molecule has 0 aliphatic rings. The summed E-state index contributed by atoms with van der Waals surface area (Å²) in [6, 6.07) is 13.7. The van der Waals surface area contributed by atoms with Crippen LogP contribution in [0.3, 0.4) is 0 Å². The predicted molar refractivity (Wildman–Crippen MR) is 96.5 cm³/mol. The molecule has 0 bridgehead atoms. The molecule has 126 valence electrons. The molecule has 0 unspecified atom stereocenters. The molecule has 0 radical (unpaired) electrons. The Morgan fingerprint density at radius 3 is 2.50 bits per heavy atom. The summed E-state index contributed by atoms with van der Waals surface area (Å²) in [6.07, 6.45) is 4.08. The summed E-state index contributed by atoms with van der Waals surface area (Å²) in [5.41, 5.74) is 3.17. The minimum Gasteiger partial charge on any atom is -0.497 e. The number of benzene rings is 2. The van der Waals surface area contributed by atoms with Gasteiger partial charge < -0.3 is 14.8 Å². The van der Waals surface area contributed by atoms with Crippen molar-refractivity contribution in [1.82, 2.24) is 5.32 Å². The fraction of sp³-hybridized carbons (Fsp3) is 0.250. The third-order valence-corrected chi connectivity index (χ3v) is 3.67. The Labute approximate surface area is 143 Å². The third-order valence-electron chi connectivity index (χ3n) is 3.67. The number of ether oxygens (including phenoxy) is 2. The lowest BCUT2D eigenvalue weighted by molar-refractivity contribution is -0.116. The van der Waals surface area contributed by atoms with Gasteiger partial charge in [0, 0.05) is 18.2 Å². The Balaban J connectivity index is 1.85. The van der Waals surface area contributed by atoms with Crippen molar-refractivity contribution in [3.63, 3.8) is 0 Å². The highest BCUT2D eigenvalue weighted by molar-refractivity contribution is 5.92. The van der Waals surface area contributed by atoms with Crippen molar-refractivity contribution in [2.75, 3.05) is 20.8 Å². The van der Waals surface area contributed by atoms with Gasteiger partial charge in [0.25, 0.3) is 0 Å². The van der Waals surface area contributed by atoms with Gasteiger partial charge in [-0.1, -0.05) is 23.8 Å². The fourth-order valence-electron chi connectivity index (χ4n) is 2.33. The second-order valence-electron chi connectivity index (χ2n) is 5.47. The molecule has 0 saturated heterocycles. The van der Waals surface area contributed by atoms with Gasteiger partial charge in [-0.05, 0) is 49.2 Å². The number of aryl methyl sites for hydroxylation is 1. The molecular weight excluding hydrogens is 302 g/mol. The van der Waals surface area contributed by atoms with Crippen molar-refractivity contribution in [1.29, 1.82) is 0 Å². The molecule has 4 heteroatoms. The summed E-state index contributed by atoms with van der Waals surface area (Å²) in [4.78, 5) is 11.9. The number of nitrogens with one attached hydrogen (secondary N) is 1. The van der Waals surface area contributed by atoms with E-state index in [-0.39, 0.29) is 5.91 Å². The van der Waals surface area contributed by atoms with Crippen LogP contribution in [0, 0.1) is 6.92 Å². The van der Waals surface area contributed by atoms with Gasteiger partial charge in [-0.15, -0.1) is 0 Å². The highest BCUT2D eigenvalue weighted by Gasteiger charge is 2.01. The maximum Gasteiger partial charge on any atom is 0.244 e. The molecule has 0 saturated carbocycles. The van der Waals surface area contributed by atoms with Crippen LogP contribution in [0.4, 0.5) is 0 Å². The molecule has 2 rings (SSSR count). The van der Waals surface area contributed by atoms with Crippen LogP contribution < -0.4 is 14.8 Å². The number of carbonyl (C=O) groups excluding carboxylic acids is 1. The van der Waals surface area contributed by atoms with Crippen LogP contribution in [0.5, 0.6) is 11.5 Å². The van der Waals surface area contributed by atoms with E-state index in [0.29, 0.717) is 6.54 Å². The van der Waals surface area contributed by atoms with Crippen LogP contribution in [0.15, 0.2) is 48.5 Å². The molecule has 1 amide bonds. The molecule has 0 aliphatic carbocycles. The van der Waals surface area contributed by atoms with Gasteiger partial charge in [0.05, 0.1) is 14.2 Å². The Hall–Kier alpha value is -2.75. The van der Waals surface area contributed by atoms with Crippen molar-refractivity contribution in [3.8, 4) is 11.5 Å². The molecule has 0 aromatic heterocycles. The first-order valence-electron chi connectivity index (χ1n) is 7.86. The predicted octanol–water partition coefficient (Wildman–Crippen LogP) is 3.38. The Bertz CT molecular complexity index is 705. The molecule has 2 aromatic carbocycles. The summed E-state index contributed by atoms with van der Waals surface area (Å²) >= 11 is 0. The summed E-state index contributed by atoms with van der Waals surface area (Å²) in [7, 11) is 3.27. The second-order valence-corrected chi connectivity index (χ2v) is 5.47. The van der Waals surface area contributed by atoms with E-state index in [2.05, 4.69) is 5.32 Å². The maximum atomic E-state index is 11.9. The van der Waals surface area contributed by atoms with E-state index in [1.165, 1.54) is 6.08 Å².